The van der Waals surface area contributed by atoms with Gasteiger partial charge in [0.05, 0.1) is 6.10 Å². The first-order chi connectivity index (χ1) is 12.8. The first-order valence-electron chi connectivity index (χ1n) is 8.64. The van der Waals surface area contributed by atoms with Gasteiger partial charge in [0, 0.05) is 13.1 Å². The van der Waals surface area contributed by atoms with Crippen LogP contribution in [0.4, 0.5) is 4.79 Å². The largest absolute Gasteiger partial charge is 0.481 e. The fourth-order valence-corrected chi connectivity index (χ4v) is 3.57. The topological polar surface area (TPSA) is 127 Å². The summed E-state index contributed by atoms with van der Waals surface area (Å²) in [6, 6.07) is 8.41. The summed E-state index contributed by atoms with van der Waals surface area (Å²) in [5.41, 5.74) is -0.579. The van der Waals surface area contributed by atoms with Crippen molar-refractivity contribution in [1.82, 2.24) is 15.1 Å². The standard InChI is InChI=1S/C18H21N3O6/c22-13-9-20(15(24)11-21-10-14(23)19-17(21)27)7-6-18(13,16(25)26)8-12-4-2-1-3-5-12/h1-5,13,22H,6-11H2,(H,25,26)(H,19,23,27)/t13-,18-/m1/s1. The van der Waals surface area contributed by atoms with Crippen LogP contribution in [0.25, 0.3) is 0 Å². The smallest absolute Gasteiger partial charge is 0.325 e. The van der Waals surface area contributed by atoms with Gasteiger partial charge in [0.15, 0.2) is 0 Å². The normalized spacial score (nSPS) is 25.4. The van der Waals surface area contributed by atoms with Gasteiger partial charge >= 0.3 is 12.0 Å². The molecular weight excluding hydrogens is 354 g/mol. The third-order valence-corrected chi connectivity index (χ3v) is 5.19. The molecule has 9 heteroatoms. The first-order valence-corrected chi connectivity index (χ1v) is 8.64. The molecule has 9 nitrogen and oxygen atoms in total. The summed E-state index contributed by atoms with van der Waals surface area (Å²) in [6.45, 7) is -0.461. The number of aliphatic carboxylic acids is 1. The average Bonchev–Trinajstić information content (AvgIpc) is 2.94. The average molecular weight is 375 g/mol. The van der Waals surface area contributed by atoms with E-state index in [4.69, 9.17) is 0 Å². The Hall–Kier alpha value is -2.94. The molecule has 0 bridgehead atoms. The lowest BCUT2D eigenvalue weighted by molar-refractivity contribution is -0.166. The molecule has 0 unspecified atom stereocenters. The molecule has 144 valence electrons. The number of aliphatic hydroxyl groups is 1. The number of nitrogens with one attached hydrogen (secondary N) is 1. The van der Waals surface area contributed by atoms with Crippen LogP contribution in [0, 0.1) is 5.41 Å². The van der Waals surface area contributed by atoms with Crippen LogP contribution in [0.3, 0.4) is 0 Å². The Bertz CT molecular complexity index is 768. The number of carbonyl (C=O) groups excluding carboxylic acids is 3. The van der Waals surface area contributed by atoms with Crippen LogP contribution < -0.4 is 5.32 Å². The zero-order valence-corrected chi connectivity index (χ0v) is 14.6. The lowest BCUT2D eigenvalue weighted by Gasteiger charge is -2.43. The third-order valence-electron chi connectivity index (χ3n) is 5.19. The number of carboxylic acid groups (broad SMARTS) is 1. The minimum Gasteiger partial charge on any atom is -0.481 e. The molecule has 0 spiro atoms. The molecule has 0 aromatic heterocycles. The van der Waals surface area contributed by atoms with Crippen molar-refractivity contribution in [2.24, 2.45) is 5.41 Å². The summed E-state index contributed by atoms with van der Waals surface area (Å²) in [5, 5.41) is 22.5. The van der Waals surface area contributed by atoms with Crippen molar-refractivity contribution in [1.29, 1.82) is 0 Å². The van der Waals surface area contributed by atoms with Gasteiger partial charge in [0.1, 0.15) is 18.5 Å². The SMILES string of the molecule is O=C1CN(CC(=O)N2CC[C@](Cc3ccccc3)(C(=O)O)[C@H](O)C2)C(=O)N1. The molecule has 2 atom stereocenters. The van der Waals surface area contributed by atoms with Crippen LogP contribution in [0.1, 0.15) is 12.0 Å². The van der Waals surface area contributed by atoms with E-state index < -0.39 is 35.3 Å². The summed E-state index contributed by atoms with van der Waals surface area (Å²) in [5.74, 6) is -2.01. The van der Waals surface area contributed by atoms with E-state index in [2.05, 4.69) is 5.32 Å². The molecule has 27 heavy (non-hydrogen) atoms. The zero-order chi connectivity index (χ0) is 19.6. The van der Waals surface area contributed by atoms with E-state index in [0.717, 1.165) is 10.5 Å². The van der Waals surface area contributed by atoms with Gasteiger partial charge < -0.3 is 20.0 Å². The number of amides is 4. The van der Waals surface area contributed by atoms with Gasteiger partial charge in [-0.1, -0.05) is 30.3 Å². The summed E-state index contributed by atoms with van der Waals surface area (Å²) in [6.07, 6.45) is -0.994. The lowest BCUT2D eigenvalue weighted by atomic mass is 9.71. The maximum Gasteiger partial charge on any atom is 0.325 e. The quantitative estimate of drug-likeness (QED) is 0.593. The van der Waals surface area contributed by atoms with Crippen molar-refractivity contribution in [3.05, 3.63) is 35.9 Å². The monoisotopic (exact) mass is 375 g/mol. The van der Waals surface area contributed by atoms with E-state index in [-0.39, 0.29) is 39.0 Å². The van der Waals surface area contributed by atoms with Crippen molar-refractivity contribution in [3.63, 3.8) is 0 Å². The second kappa shape index (κ2) is 7.36. The Balaban J connectivity index is 1.68. The number of piperidine rings is 1. The number of hydrogen-bond acceptors (Lipinski definition) is 5. The molecule has 0 radical (unpaired) electrons. The number of imide groups is 1. The Morgan fingerprint density at radius 1 is 1.22 bits per heavy atom. The van der Waals surface area contributed by atoms with E-state index in [9.17, 15) is 29.4 Å². The van der Waals surface area contributed by atoms with Crippen LogP contribution in [-0.2, 0) is 20.8 Å². The van der Waals surface area contributed by atoms with Crippen molar-refractivity contribution in [2.75, 3.05) is 26.2 Å². The summed E-state index contributed by atoms with van der Waals surface area (Å²) >= 11 is 0. The fourth-order valence-electron chi connectivity index (χ4n) is 3.57. The number of benzene rings is 1. The fraction of sp³-hybridized carbons (Fsp3) is 0.444. The molecule has 3 rings (SSSR count). The number of carbonyl (C=O) groups is 4. The molecule has 3 N–H and O–H groups in total. The highest BCUT2D eigenvalue weighted by atomic mass is 16.4. The Morgan fingerprint density at radius 2 is 1.93 bits per heavy atom. The predicted molar refractivity (Wildman–Crippen MR) is 92.5 cm³/mol. The molecule has 2 saturated heterocycles. The highest BCUT2D eigenvalue weighted by Crippen LogP contribution is 2.36. The Kier molecular flexibility index (Phi) is 5.13. The van der Waals surface area contributed by atoms with Gasteiger partial charge in [-0.2, -0.15) is 0 Å². The van der Waals surface area contributed by atoms with E-state index in [1.807, 2.05) is 6.07 Å². The predicted octanol–water partition coefficient (Wildman–Crippen LogP) is -0.555. The third kappa shape index (κ3) is 3.77. The highest BCUT2D eigenvalue weighted by molar-refractivity contribution is 6.03. The van der Waals surface area contributed by atoms with Gasteiger partial charge in [-0.15, -0.1) is 0 Å². The van der Waals surface area contributed by atoms with Crippen molar-refractivity contribution >= 4 is 23.8 Å². The van der Waals surface area contributed by atoms with Gasteiger partial charge in [0.25, 0.3) is 0 Å². The maximum atomic E-state index is 12.4. The lowest BCUT2D eigenvalue weighted by Crippen LogP contribution is -2.58. The first kappa shape index (κ1) is 18.8. The van der Waals surface area contributed by atoms with Crippen LogP contribution >= 0.6 is 0 Å². The summed E-state index contributed by atoms with van der Waals surface area (Å²) in [7, 11) is 0. The number of hydrogen-bond donors (Lipinski definition) is 3. The summed E-state index contributed by atoms with van der Waals surface area (Å²) < 4.78 is 0. The molecule has 2 aliphatic heterocycles. The van der Waals surface area contributed by atoms with Crippen molar-refractivity contribution in [3.8, 4) is 0 Å². The van der Waals surface area contributed by atoms with E-state index in [1.165, 1.54) is 4.90 Å². The molecule has 1 aromatic rings. The molecule has 2 aliphatic rings. The Morgan fingerprint density at radius 3 is 2.48 bits per heavy atom. The van der Waals surface area contributed by atoms with Crippen LogP contribution in [-0.4, -0.2) is 76.1 Å². The zero-order valence-electron chi connectivity index (χ0n) is 14.6. The highest BCUT2D eigenvalue weighted by Gasteiger charge is 2.49. The number of rotatable bonds is 5. The van der Waals surface area contributed by atoms with Crippen LogP contribution in [0.5, 0.6) is 0 Å². The van der Waals surface area contributed by atoms with Gasteiger partial charge in [0.2, 0.25) is 11.8 Å². The minimum absolute atomic E-state index is 0.0925. The number of carboxylic acids is 1. The van der Waals surface area contributed by atoms with Crippen molar-refractivity contribution in [2.45, 2.75) is 18.9 Å². The molecule has 0 saturated carbocycles. The minimum atomic E-state index is -1.38. The number of nitrogens with zero attached hydrogens (tertiary/aromatic N) is 2. The molecule has 2 fully saturated rings. The van der Waals surface area contributed by atoms with E-state index in [0.29, 0.717) is 0 Å². The van der Waals surface area contributed by atoms with E-state index >= 15 is 0 Å². The van der Waals surface area contributed by atoms with Crippen LogP contribution in [0.2, 0.25) is 0 Å². The van der Waals surface area contributed by atoms with E-state index in [1.54, 1.807) is 24.3 Å². The summed E-state index contributed by atoms with van der Waals surface area (Å²) in [4.78, 5) is 49.6. The molecule has 0 aliphatic carbocycles. The second-order valence-corrected chi connectivity index (χ2v) is 6.94. The number of β-amino-alcohol motifs (C(OH)–C–C–N with tert-alkyl or cyclic N) is 1. The van der Waals surface area contributed by atoms with Gasteiger partial charge in [-0.3, -0.25) is 19.7 Å². The number of urea groups is 1. The molecule has 2 heterocycles. The molecule has 4 amide bonds. The second-order valence-electron chi connectivity index (χ2n) is 6.94. The molecular formula is C18H21N3O6. The number of likely N-dealkylation sites (tertiary alicyclic amines) is 1. The maximum absolute atomic E-state index is 12.4. The van der Waals surface area contributed by atoms with Gasteiger partial charge in [-0.05, 0) is 18.4 Å². The number of aliphatic hydroxyl groups excluding tert-OH is 1. The van der Waals surface area contributed by atoms with Crippen molar-refractivity contribution < 1.29 is 29.4 Å². The van der Waals surface area contributed by atoms with Gasteiger partial charge in [-0.25, -0.2) is 4.79 Å². The Labute approximate surface area is 155 Å². The molecule has 1 aromatic carbocycles. The van der Waals surface area contributed by atoms with Crippen LogP contribution in [0.15, 0.2) is 30.3 Å².